The number of sulfonamides is 1. The summed E-state index contributed by atoms with van der Waals surface area (Å²) in [5.74, 6) is -0.0196. The maximum atomic E-state index is 12.6. The Bertz CT molecular complexity index is 769. The molecule has 0 spiro atoms. The van der Waals surface area contributed by atoms with Crippen molar-refractivity contribution in [3.8, 4) is 0 Å². The van der Waals surface area contributed by atoms with Crippen LogP contribution in [0.2, 0.25) is 0 Å². The summed E-state index contributed by atoms with van der Waals surface area (Å²) in [6.45, 7) is 3.01. The summed E-state index contributed by atoms with van der Waals surface area (Å²) in [4.78, 5) is -0.236. The van der Waals surface area contributed by atoms with E-state index in [1.807, 2.05) is 19.9 Å². The lowest BCUT2D eigenvalue weighted by molar-refractivity contribution is 0.0561. The van der Waals surface area contributed by atoms with Crippen LogP contribution >= 0.6 is 0 Å². The standard InChI is InChI=1S/C13H19F2N5O2S/c1-9(7-19-10(2)4-5-16-19)6-17-23(21,22)12-8-20(13(14)15)18-11(12)3/h4-5,8-9,13,17H,6-7H2,1-3H3. The van der Waals surface area contributed by atoms with Crippen molar-refractivity contribution < 1.29 is 17.2 Å². The molecule has 0 bridgehead atoms. The van der Waals surface area contributed by atoms with Gasteiger partial charge >= 0.3 is 6.55 Å². The molecule has 2 aromatic rings. The third kappa shape index (κ3) is 4.14. The Morgan fingerprint density at radius 3 is 2.57 bits per heavy atom. The molecule has 1 atom stereocenters. The summed E-state index contributed by atoms with van der Waals surface area (Å²) in [6.07, 6.45) is 2.51. The SMILES string of the molecule is Cc1nn(C(F)F)cc1S(=O)(=O)NCC(C)Cn1nccc1C. The first-order valence-electron chi connectivity index (χ1n) is 7.02. The molecule has 7 nitrogen and oxygen atoms in total. The molecule has 0 fully saturated rings. The first-order valence-corrected chi connectivity index (χ1v) is 8.51. The summed E-state index contributed by atoms with van der Waals surface area (Å²) in [6, 6.07) is 1.86. The highest BCUT2D eigenvalue weighted by Crippen LogP contribution is 2.18. The van der Waals surface area contributed by atoms with Gasteiger partial charge in [-0.1, -0.05) is 6.92 Å². The van der Waals surface area contributed by atoms with Crippen molar-refractivity contribution in [2.24, 2.45) is 5.92 Å². The number of alkyl halides is 2. The van der Waals surface area contributed by atoms with E-state index >= 15 is 0 Å². The number of halogens is 2. The maximum Gasteiger partial charge on any atom is 0.333 e. The molecule has 1 N–H and O–H groups in total. The molecule has 0 aliphatic rings. The molecule has 0 saturated carbocycles. The summed E-state index contributed by atoms with van der Waals surface area (Å²) < 4.78 is 54.2. The van der Waals surface area contributed by atoms with Gasteiger partial charge in [0.25, 0.3) is 0 Å². The minimum absolute atomic E-state index is 0.0196. The van der Waals surface area contributed by atoms with Crippen molar-refractivity contribution in [3.63, 3.8) is 0 Å². The van der Waals surface area contributed by atoms with Crippen LogP contribution in [0.3, 0.4) is 0 Å². The smallest absolute Gasteiger partial charge is 0.270 e. The molecule has 2 aromatic heterocycles. The fourth-order valence-electron chi connectivity index (χ4n) is 2.11. The topological polar surface area (TPSA) is 81.8 Å². The Morgan fingerprint density at radius 2 is 2.04 bits per heavy atom. The highest BCUT2D eigenvalue weighted by molar-refractivity contribution is 7.89. The maximum absolute atomic E-state index is 12.6. The van der Waals surface area contributed by atoms with Crippen LogP contribution in [0.1, 0.15) is 24.9 Å². The van der Waals surface area contributed by atoms with Crippen LogP contribution in [-0.4, -0.2) is 34.5 Å². The number of nitrogens with one attached hydrogen (secondary N) is 1. The number of hydrogen-bond acceptors (Lipinski definition) is 4. The fourth-order valence-corrected chi connectivity index (χ4v) is 3.44. The van der Waals surface area contributed by atoms with E-state index in [9.17, 15) is 17.2 Å². The Kier molecular flexibility index (Phi) is 5.15. The molecular weight excluding hydrogens is 328 g/mol. The van der Waals surface area contributed by atoms with Crippen LogP contribution in [0.25, 0.3) is 0 Å². The molecule has 0 aliphatic carbocycles. The van der Waals surface area contributed by atoms with E-state index in [2.05, 4.69) is 14.9 Å². The largest absolute Gasteiger partial charge is 0.333 e. The monoisotopic (exact) mass is 347 g/mol. The van der Waals surface area contributed by atoms with Gasteiger partial charge in [0.2, 0.25) is 10.0 Å². The van der Waals surface area contributed by atoms with Gasteiger partial charge in [0, 0.05) is 25.0 Å². The van der Waals surface area contributed by atoms with Gasteiger partial charge in [-0.15, -0.1) is 0 Å². The Labute approximate surface area is 133 Å². The lowest BCUT2D eigenvalue weighted by Gasteiger charge is -2.14. The molecular formula is C13H19F2N5O2S. The average molecular weight is 347 g/mol. The van der Waals surface area contributed by atoms with Gasteiger partial charge in [-0.05, 0) is 25.8 Å². The molecule has 2 heterocycles. The van der Waals surface area contributed by atoms with Gasteiger partial charge in [-0.2, -0.15) is 19.0 Å². The Balaban J connectivity index is 2.02. The molecule has 1 unspecified atom stereocenters. The second kappa shape index (κ2) is 6.75. The van der Waals surface area contributed by atoms with E-state index in [1.165, 1.54) is 6.92 Å². The normalized spacial score (nSPS) is 13.7. The van der Waals surface area contributed by atoms with E-state index in [-0.39, 0.29) is 23.1 Å². The minimum Gasteiger partial charge on any atom is -0.270 e. The average Bonchev–Trinajstić information content (AvgIpc) is 3.04. The highest BCUT2D eigenvalue weighted by Gasteiger charge is 2.23. The van der Waals surface area contributed by atoms with Crippen molar-refractivity contribution in [1.82, 2.24) is 24.3 Å². The van der Waals surface area contributed by atoms with E-state index in [4.69, 9.17) is 0 Å². The number of nitrogens with zero attached hydrogens (tertiary/aromatic N) is 4. The van der Waals surface area contributed by atoms with Crippen LogP contribution < -0.4 is 4.72 Å². The highest BCUT2D eigenvalue weighted by atomic mass is 32.2. The zero-order valence-corrected chi connectivity index (χ0v) is 13.9. The third-order valence-corrected chi connectivity index (χ3v) is 4.92. The minimum atomic E-state index is -3.88. The van der Waals surface area contributed by atoms with Crippen LogP contribution in [0, 0.1) is 19.8 Å². The van der Waals surface area contributed by atoms with Crippen LogP contribution in [-0.2, 0) is 16.6 Å². The van der Waals surface area contributed by atoms with Gasteiger partial charge in [-0.25, -0.2) is 17.8 Å². The first kappa shape index (κ1) is 17.5. The molecule has 0 saturated heterocycles. The lowest BCUT2D eigenvalue weighted by atomic mass is 10.2. The second-order valence-corrected chi connectivity index (χ2v) is 7.18. The molecule has 10 heteroatoms. The summed E-state index contributed by atoms with van der Waals surface area (Å²) in [7, 11) is -3.88. The molecule has 23 heavy (non-hydrogen) atoms. The molecule has 128 valence electrons. The van der Waals surface area contributed by atoms with Crippen molar-refractivity contribution in [2.75, 3.05) is 6.54 Å². The summed E-state index contributed by atoms with van der Waals surface area (Å²) >= 11 is 0. The third-order valence-electron chi connectivity index (χ3n) is 3.40. The molecule has 0 aliphatic heterocycles. The van der Waals surface area contributed by atoms with Gasteiger partial charge in [0.05, 0.1) is 11.9 Å². The number of aromatic nitrogens is 4. The fraction of sp³-hybridized carbons (Fsp3) is 0.538. The van der Waals surface area contributed by atoms with E-state index in [1.54, 1.807) is 10.9 Å². The number of hydrogen-bond donors (Lipinski definition) is 1. The quantitative estimate of drug-likeness (QED) is 0.827. The zero-order valence-electron chi connectivity index (χ0n) is 13.1. The van der Waals surface area contributed by atoms with Crippen molar-refractivity contribution in [1.29, 1.82) is 0 Å². The summed E-state index contributed by atoms with van der Waals surface area (Å²) in [5, 5.41) is 7.65. The van der Waals surface area contributed by atoms with Crippen LogP contribution in [0.15, 0.2) is 23.4 Å². The van der Waals surface area contributed by atoms with Gasteiger partial charge in [-0.3, -0.25) is 4.68 Å². The zero-order chi connectivity index (χ0) is 17.2. The predicted octanol–water partition coefficient (Wildman–Crippen LogP) is 1.71. The first-order chi connectivity index (χ1) is 10.7. The van der Waals surface area contributed by atoms with Crippen LogP contribution in [0.4, 0.5) is 8.78 Å². The Morgan fingerprint density at radius 1 is 1.35 bits per heavy atom. The van der Waals surface area contributed by atoms with Crippen molar-refractivity contribution >= 4 is 10.0 Å². The van der Waals surface area contributed by atoms with E-state index in [0.29, 0.717) is 11.2 Å². The molecule has 0 amide bonds. The van der Waals surface area contributed by atoms with Gasteiger partial charge < -0.3 is 0 Å². The van der Waals surface area contributed by atoms with E-state index < -0.39 is 16.6 Å². The second-order valence-electron chi connectivity index (χ2n) is 5.45. The van der Waals surface area contributed by atoms with Gasteiger partial charge in [0.15, 0.2) is 0 Å². The van der Waals surface area contributed by atoms with Gasteiger partial charge in [0.1, 0.15) is 4.90 Å². The number of rotatable bonds is 7. The molecule has 2 rings (SSSR count). The van der Waals surface area contributed by atoms with Crippen molar-refractivity contribution in [2.45, 2.75) is 38.8 Å². The predicted molar refractivity (Wildman–Crippen MR) is 79.5 cm³/mol. The Hall–Kier alpha value is -1.81. The number of aryl methyl sites for hydroxylation is 2. The lowest BCUT2D eigenvalue weighted by Crippen LogP contribution is -2.30. The van der Waals surface area contributed by atoms with Crippen LogP contribution in [0.5, 0.6) is 0 Å². The van der Waals surface area contributed by atoms with Crippen molar-refractivity contribution in [3.05, 3.63) is 29.8 Å². The molecule has 0 aromatic carbocycles. The molecule has 0 radical (unpaired) electrons. The van der Waals surface area contributed by atoms with E-state index in [0.717, 1.165) is 11.9 Å². The summed E-state index contributed by atoms with van der Waals surface area (Å²) in [5.41, 5.74) is 1.02.